The van der Waals surface area contributed by atoms with Crippen molar-refractivity contribution in [3.8, 4) is 0 Å². The Morgan fingerprint density at radius 2 is 2.38 bits per heavy atom. The minimum absolute atomic E-state index is 0.350. The van der Waals surface area contributed by atoms with Gasteiger partial charge in [-0.25, -0.2) is 9.97 Å². The normalized spacial score (nSPS) is 25.4. The molecule has 0 amide bonds. The van der Waals surface area contributed by atoms with Crippen molar-refractivity contribution in [1.29, 1.82) is 0 Å². The van der Waals surface area contributed by atoms with Crippen LogP contribution in [0.3, 0.4) is 0 Å². The number of H-pyrrole nitrogens is 1. The van der Waals surface area contributed by atoms with Crippen molar-refractivity contribution in [1.82, 2.24) is 20.3 Å². The van der Waals surface area contributed by atoms with Gasteiger partial charge in [0.15, 0.2) is 5.65 Å². The molecule has 2 aromatic rings. The first-order valence-electron chi connectivity index (χ1n) is 5.47. The molecule has 2 aromatic heterocycles. The summed E-state index contributed by atoms with van der Waals surface area (Å²) in [5, 5.41) is 3.46. The van der Waals surface area contributed by atoms with Crippen LogP contribution in [0.15, 0.2) is 16.7 Å². The van der Waals surface area contributed by atoms with E-state index in [9.17, 15) is 0 Å². The van der Waals surface area contributed by atoms with Gasteiger partial charge >= 0.3 is 0 Å². The molecule has 3 heterocycles. The Hall–Kier alpha value is -0.940. The Morgan fingerprint density at radius 3 is 3.12 bits per heavy atom. The molecular weight excluding hydrogens is 268 g/mol. The molecule has 1 fully saturated rings. The van der Waals surface area contributed by atoms with Crippen molar-refractivity contribution in [3.05, 3.63) is 22.6 Å². The summed E-state index contributed by atoms with van der Waals surface area (Å²) in [5.74, 6) is 1.72. The number of imidazole rings is 1. The number of rotatable bonds is 1. The first-order chi connectivity index (χ1) is 7.72. The predicted molar refractivity (Wildman–Crippen MR) is 66.1 cm³/mol. The second-order valence-electron chi connectivity index (χ2n) is 4.45. The monoisotopic (exact) mass is 280 g/mol. The molecule has 4 nitrogen and oxygen atoms in total. The Labute approximate surface area is 102 Å². The van der Waals surface area contributed by atoms with Gasteiger partial charge in [0.2, 0.25) is 0 Å². The van der Waals surface area contributed by atoms with Crippen molar-refractivity contribution in [3.63, 3.8) is 0 Å². The molecular formula is C11H13BrN4. The van der Waals surface area contributed by atoms with E-state index in [1.165, 1.54) is 0 Å². The third-order valence-electron chi connectivity index (χ3n) is 3.00. The van der Waals surface area contributed by atoms with Crippen LogP contribution < -0.4 is 5.32 Å². The number of fused-ring (bicyclic) bond motifs is 1. The first kappa shape index (κ1) is 10.2. The van der Waals surface area contributed by atoms with Gasteiger partial charge in [-0.3, -0.25) is 0 Å². The fraction of sp³-hybridized carbons (Fsp3) is 0.455. The van der Waals surface area contributed by atoms with Crippen molar-refractivity contribution < 1.29 is 0 Å². The average Bonchev–Trinajstić information content (AvgIpc) is 2.83. The largest absolute Gasteiger partial charge is 0.325 e. The lowest BCUT2D eigenvalue weighted by Gasteiger charge is -2.04. The summed E-state index contributed by atoms with van der Waals surface area (Å²) in [7, 11) is 0. The highest BCUT2D eigenvalue weighted by Gasteiger charge is 2.24. The van der Waals surface area contributed by atoms with Crippen LogP contribution >= 0.6 is 15.9 Å². The summed E-state index contributed by atoms with van der Waals surface area (Å²) in [4.78, 5) is 12.2. The standard InChI is InChI=1S/C11H13BrN4/c1-6-2-8(13-4-6)11-15-9-3-7(12)5-14-10(9)16-11/h3,5-6,8,13H,2,4H2,1H3,(H,14,15,16)/t6-,8?/m0/s1. The van der Waals surface area contributed by atoms with Crippen LogP contribution in [0.2, 0.25) is 0 Å². The number of hydrogen-bond acceptors (Lipinski definition) is 3. The number of hydrogen-bond donors (Lipinski definition) is 2. The second-order valence-corrected chi connectivity index (χ2v) is 5.36. The van der Waals surface area contributed by atoms with Crippen molar-refractivity contribution >= 4 is 27.1 Å². The number of aromatic nitrogens is 3. The highest BCUT2D eigenvalue weighted by atomic mass is 79.9. The Bertz CT molecular complexity index is 522. The third kappa shape index (κ3) is 1.74. The number of pyridine rings is 1. The van der Waals surface area contributed by atoms with E-state index in [0.29, 0.717) is 6.04 Å². The van der Waals surface area contributed by atoms with E-state index in [1.54, 1.807) is 6.20 Å². The molecule has 5 heteroatoms. The fourth-order valence-corrected chi connectivity index (χ4v) is 2.49. The lowest BCUT2D eigenvalue weighted by Crippen LogP contribution is -2.14. The van der Waals surface area contributed by atoms with Gasteiger partial charge in [-0.2, -0.15) is 0 Å². The Kier molecular flexibility index (Phi) is 2.44. The smallest absolute Gasteiger partial charge is 0.157 e. The zero-order valence-electron chi connectivity index (χ0n) is 9.00. The second kappa shape index (κ2) is 3.82. The summed E-state index contributed by atoms with van der Waals surface area (Å²) in [6, 6.07) is 2.34. The average molecular weight is 281 g/mol. The molecule has 1 saturated heterocycles. The van der Waals surface area contributed by atoms with Crippen molar-refractivity contribution in [2.75, 3.05) is 6.54 Å². The topological polar surface area (TPSA) is 53.6 Å². The number of nitrogens with one attached hydrogen (secondary N) is 2. The summed E-state index contributed by atoms with van der Waals surface area (Å²) in [6.07, 6.45) is 2.93. The van der Waals surface area contributed by atoms with Crippen LogP contribution in [0.4, 0.5) is 0 Å². The van der Waals surface area contributed by atoms with E-state index in [-0.39, 0.29) is 0 Å². The quantitative estimate of drug-likeness (QED) is 0.844. The van der Waals surface area contributed by atoms with Gasteiger partial charge in [-0.15, -0.1) is 0 Å². The van der Waals surface area contributed by atoms with Gasteiger partial charge in [0.25, 0.3) is 0 Å². The molecule has 0 saturated carbocycles. The Morgan fingerprint density at radius 1 is 1.50 bits per heavy atom. The fourth-order valence-electron chi connectivity index (χ4n) is 2.17. The molecule has 2 atom stereocenters. The van der Waals surface area contributed by atoms with Gasteiger partial charge in [0.1, 0.15) is 11.3 Å². The van der Waals surface area contributed by atoms with Crippen LogP contribution in [-0.2, 0) is 0 Å². The molecule has 0 bridgehead atoms. The highest BCUT2D eigenvalue weighted by Crippen LogP contribution is 2.26. The summed E-state index contributed by atoms with van der Waals surface area (Å²) in [6.45, 7) is 3.32. The van der Waals surface area contributed by atoms with Gasteiger partial charge in [0, 0.05) is 10.7 Å². The molecule has 0 aromatic carbocycles. The summed E-state index contributed by atoms with van der Waals surface area (Å²) < 4.78 is 0.964. The predicted octanol–water partition coefficient (Wildman–Crippen LogP) is 2.39. The van der Waals surface area contributed by atoms with Gasteiger partial charge < -0.3 is 10.3 Å². The zero-order valence-corrected chi connectivity index (χ0v) is 10.6. The van der Waals surface area contributed by atoms with Crippen LogP contribution in [0.5, 0.6) is 0 Å². The molecule has 0 aliphatic carbocycles. The number of aromatic amines is 1. The maximum Gasteiger partial charge on any atom is 0.157 e. The summed E-state index contributed by atoms with van der Waals surface area (Å²) >= 11 is 3.40. The molecule has 84 valence electrons. The van der Waals surface area contributed by atoms with E-state index >= 15 is 0 Å². The lowest BCUT2D eigenvalue weighted by atomic mass is 10.1. The minimum atomic E-state index is 0.350. The van der Waals surface area contributed by atoms with Gasteiger partial charge in [0.05, 0.1) is 6.04 Å². The lowest BCUT2D eigenvalue weighted by molar-refractivity contribution is 0.589. The third-order valence-corrected chi connectivity index (χ3v) is 3.44. The maximum atomic E-state index is 4.58. The van der Waals surface area contributed by atoms with Crippen molar-refractivity contribution in [2.24, 2.45) is 5.92 Å². The van der Waals surface area contributed by atoms with Gasteiger partial charge in [-0.1, -0.05) is 6.92 Å². The van der Waals surface area contributed by atoms with Gasteiger partial charge in [-0.05, 0) is 40.9 Å². The molecule has 3 rings (SSSR count). The van der Waals surface area contributed by atoms with E-state index in [0.717, 1.165) is 40.3 Å². The molecule has 16 heavy (non-hydrogen) atoms. The van der Waals surface area contributed by atoms with E-state index in [1.807, 2.05) is 6.07 Å². The summed E-state index contributed by atoms with van der Waals surface area (Å²) in [5.41, 5.74) is 1.78. The zero-order chi connectivity index (χ0) is 11.1. The van der Waals surface area contributed by atoms with Crippen LogP contribution in [-0.4, -0.2) is 21.5 Å². The highest BCUT2D eigenvalue weighted by molar-refractivity contribution is 9.10. The molecule has 1 aliphatic heterocycles. The molecule has 2 N–H and O–H groups in total. The molecule has 1 unspecified atom stereocenters. The molecule has 1 aliphatic rings. The SMILES string of the molecule is C[C@@H]1CNC(c2nc3cc(Br)cnc3[nH]2)C1. The van der Waals surface area contributed by atoms with E-state index in [4.69, 9.17) is 0 Å². The molecule has 0 spiro atoms. The molecule has 0 radical (unpaired) electrons. The number of halogens is 1. The van der Waals surface area contributed by atoms with E-state index in [2.05, 4.69) is 43.1 Å². The van der Waals surface area contributed by atoms with Crippen molar-refractivity contribution in [2.45, 2.75) is 19.4 Å². The minimum Gasteiger partial charge on any atom is -0.325 e. The Balaban J connectivity index is 1.99. The number of nitrogens with zero attached hydrogens (tertiary/aromatic N) is 2. The van der Waals surface area contributed by atoms with Crippen LogP contribution in [0.25, 0.3) is 11.2 Å². The van der Waals surface area contributed by atoms with Crippen LogP contribution in [0.1, 0.15) is 25.2 Å². The first-order valence-corrected chi connectivity index (χ1v) is 6.26. The maximum absolute atomic E-state index is 4.58. The van der Waals surface area contributed by atoms with E-state index < -0.39 is 0 Å². The van der Waals surface area contributed by atoms with Crippen LogP contribution in [0, 0.1) is 5.92 Å².